The van der Waals surface area contributed by atoms with Crippen LogP contribution in [-0.4, -0.2) is 10.8 Å². The SMILES string of the molecule is CC1(C)c2ccccc2C(=O)c2c1[nH]c1c(F)c(C#N)ccc21. The molecule has 4 heteroatoms. The zero-order valence-electron chi connectivity index (χ0n) is 12.7. The van der Waals surface area contributed by atoms with E-state index in [9.17, 15) is 9.18 Å². The Morgan fingerprint density at radius 1 is 1.17 bits per heavy atom. The number of nitrogens with zero attached hydrogens (tertiary/aromatic N) is 1. The third kappa shape index (κ3) is 1.59. The zero-order chi connectivity index (χ0) is 16.4. The number of ketones is 1. The molecule has 1 aromatic heterocycles. The van der Waals surface area contributed by atoms with Crippen LogP contribution < -0.4 is 0 Å². The van der Waals surface area contributed by atoms with Crippen LogP contribution in [0.25, 0.3) is 10.9 Å². The van der Waals surface area contributed by atoms with Gasteiger partial charge in [0.2, 0.25) is 0 Å². The summed E-state index contributed by atoms with van der Waals surface area (Å²) >= 11 is 0. The number of benzene rings is 2. The average Bonchev–Trinajstić information content (AvgIpc) is 2.95. The number of hydrogen-bond acceptors (Lipinski definition) is 2. The number of H-pyrrole nitrogens is 1. The van der Waals surface area contributed by atoms with Crippen molar-refractivity contribution in [2.45, 2.75) is 19.3 Å². The molecule has 3 aromatic rings. The van der Waals surface area contributed by atoms with Gasteiger partial charge in [0.25, 0.3) is 0 Å². The summed E-state index contributed by atoms with van der Waals surface area (Å²) in [4.78, 5) is 16.0. The Labute approximate surface area is 132 Å². The van der Waals surface area contributed by atoms with Crippen molar-refractivity contribution >= 4 is 16.7 Å². The number of carbonyl (C=O) groups excluding carboxylic acids is 1. The highest BCUT2D eigenvalue weighted by Crippen LogP contribution is 2.43. The van der Waals surface area contributed by atoms with E-state index in [0.29, 0.717) is 22.2 Å². The largest absolute Gasteiger partial charge is 0.355 e. The molecule has 0 atom stereocenters. The molecule has 0 saturated carbocycles. The molecule has 0 bridgehead atoms. The number of carbonyl (C=O) groups is 1. The van der Waals surface area contributed by atoms with Crippen molar-refractivity contribution in [1.29, 1.82) is 5.26 Å². The molecule has 0 amide bonds. The van der Waals surface area contributed by atoms with Crippen molar-refractivity contribution in [2.24, 2.45) is 0 Å². The minimum atomic E-state index is -0.605. The van der Waals surface area contributed by atoms with Gasteiger partial charge >= 0.3 is 0 Å². The molecular weight excluding hydrogens is 291 g/mol. The smallest absolute Gasteiger partial charge is 0.195 e. The number of aromatic nitrogens is 1. The van der Waals surface area contributed by atoms with E-state index in [1.54, 1.807) is 12.1 Å². The highest BCUT2D eigenvalue weighted by atomic mass is 19.1. The maximum Gasteiger partial charge on any atom is 0.195 e. The van der Waals surface area contributed by atoms with Crippen molar-refractivity contribution in [2.75, 3.05) is 0 Å². The van der Waals surface area contributed by atoms with E-state index in [1.165, 1.54) is 6.07 Å². The molecule has 1 N–H and O–H groups in total. The Hall–Kier alpha value is -2.93. The fourth-order valence-corrected chi connectivity index (χ4v) is 3.52. The first-order chi connectivity index (χ1) is 11.0. The average molecular weight is 304 g/mol. The number of hydrogen-bond donors (Lipinski definition) is 1. The summed E-state index contributed by atoms with van der Waals surface area (Å²) in [5, 5.41) is 9.54. The number of aromatic amines is 1. The molecular formula is C19H13FN2O. The van der Waals surface area contributed by atoms with Crippen LogP contribution in [0.5, 0.6) is 0 Å². The number of nitriles is 1. The molecule has 1 heterocycles. The lowest BCUT2D eigenvalue weighted by molar-refractivity contribution is 0.103. The second-order valence-electron chi connectivity index (χ2n) is 6.34. The van der Waals surface area contributed by atoms with Crippen LogP contribution in [0.3, 0.4) is 0 Å². The van der Waals surface area contributed by atoms with Crippen LogP contribution in [0, 0.1) is 17.1 Å². The van der Waals surface area contributed by atoms with Gasteiger partial charge in [0.05, 0.1) is 16.6 Å². The van der Waals surface area contributed by atoms with Crippen LogP contribution in [-0.2, 0) is 5.41 Å². The molecule has 0 saturated heterocycles. The third-order valence-electron chi connectivity index (χ3n) is 4.73. The molecule has 4 rings (SSSR count). The highest BCUT2D eigenvalue weighted by Gasteiger charge is 2.39. The van der Waals surface area contributed by atoms with Gasteiger partial charge in [-0.15, -0.1) is 0 Å². The number of rotatable bonds is 0. The molecule has 1 aliphatic carbocycles. The summed E-state index contributed by atoms with van der Waals surface area (Å²) in [6, 6.07) is 12.4. The van der Waals surface area contributed by atoms with Gasteiger partial charge in [0.15, 0.2) is 11.6 Å². The normalized spacial score (nSPS) is 15.1. The van der Waals surface area contributed by atoms with E-state index in [4.69, 9.17) is 5.26 Å². The fourth-order valence-electron chi connectivity index (χ4n) is 3.52. The maximum absolute atomic E-state index is 14.5. The van der Waals surface area contributed by atoms with Crippen molar-refractivity contribution < 1.29 is 9.18 Å². The first kappa shape index (κ1) is 13.7. The van der Waals surface area contributed by atoms with Crippen molar-refractivity contribution in [3.8, 4) is 6.07 Å². The van der Waals surface area contributed by atoms with E-state index in [0.717, 1.165) is 5.56 Å². The molecule has 23 heavy (non-hydrogen) atoms. The number of halogens is 1. The maximum atomic E-state index is 14.5. The van der Waals surface area contributed by atoms with E-state index < -0.39 is 11.2 Å². The molecule has 0 aliphatic heterocycles. The van der Waals surface area contributed by atoms with Gasteiger partial charge in [-0.1, -0.05) is 44.2 Å². The Morgan fingerprint density at radius 2 is 1.91 bits per heavy atom. The van der Waals surface area contributed by atoms with Gasteiger partial charge in [-0.25, -0.2) is 4.39 Å². The molecule has 0 fully saturated rings. The van der Waals surface area contributed by atoms with Gasteiger partial charge in [-0.2, -0.15) is 5.26 Å². The van der Waals surface area contributed by atoms with Crippen LogP contribution in [0.15, 0.2) is 36.4 Å². The van der Waals surface area contributed by atoms with Gasteiger partial charge in [0.1, 0.15) is 6.07 Å². The van der Waals surface area contributed by atoms with E-state index in [2.05, 4.69) is 4.98 Å². The molecule has 0 radical (unpaired) electrons. The van der Waals surface area contributed by atoms with Gasteiger partial charge in [-0.3, -0.25) is 4.79 Å². The topological polar surface area (TPSA) is 56.6 Å². The Bertz CT molecular complexity index is 1040. The zero-order valence-corrected chi connectivity index (χ0v) is 12.7. The monoisotopic (exact) mass is 304 g/mol. The molecule has 0 spiro atoms. The summed E-state index contributed by atoms with van der Waals surface area (Å²) in [7, 11) is 0. The number of nitrogens with one attached hydrogen (secondary N) is 1. The first-order valence-electron chi connectivity index (χ1n) is 7.35. The van der Waals surface area contributed by atoms with Crippen molar-refractivity contribution in [1.82, 2.24) is 4.98 Å². The molecule has 112 valence electrons. The van der Waals surface area contributed by atoms with E-state index >= 15 is 0 Å². The minimum Gasteiger partial charge on any atom is -0.355 e. The van der Waals surface area contributed by atoms with Crippen LogP contribution >= 0.6 is 0 Å². The second-order valence-corrected chi connectivity index (χ2v) is 6.34. The fraction of sp³-hybridized carbons (Fsp3) is 0.158. The van der Waals surface area contributed by atoms with Gasteiger partial charge in [0, 0.05) is 22.1 Å². The van der Waals surface area contributed by atoms with E-state index in [-0.39, 0.29) is 16.9 Å². The van der Waals surface area contributed by atoms with Crippen LogP contribution in [0.4, 0.5) is 4.39 Å². The summed E-state index contributed by atoms with van der Waals surface area (Å²) in [6.45, 7) is 4.02. The Morgan fingerprint density at radius 3 is 2.65 bits per heavy atom. The lowest BCUT2D eigenvalue weighted by Gasteiger charge is -2.31. The molecule has 3 nitrogen and oxygen atoms in total. The van der Waals surface area contributed by atoms with Crippen LogP contribution in [0.2, 0.25) is 0 Å². The summed E-state index contributed by atoms with van der Waals surface area (Å²) in [6.07, 6.45) is 0. The summed E-state index contributed by atoms with van der Waals surface area (Å²) < 4.78 is 14.5. The van der Waals surface area contributed by atoms with Crippen molar-refractivity contribution in [3.63, 3.8) is 0 Å². The number of fused-ring (bicyclic) bond motifs is 4. The quantitative estimate of drug-likeness (QED) is 0.681. The lowest BCUT2D eigenvalue weighted by Crippen LogP contribution is -2.30. The van der Waals surface area contributed by atoms with Crippen molar-refractivity contribution in [3.05, 3.63) is 70.2 Å². The molecule has 1 aliphatic rings. The predicted molar refractivity (Wildman–Crippen MR) is 85.0 cm³/mol. The predicted octanol–water partition coefficient (Wildman–Crippen LogP) is 4.05. The standard InChI is InChI=1S/C19H13FN2O/c1-19(2)13-6-4-3-5-11(13)17(23)14-12-8-7-10(9-21)15(20)16(12)22-18(14)19/h3-8,22H,1-2H3. The third-order valence-corrected chi connectivity index (χ3v) is 4.73. The first-order valence-corrected chi connectivity index (χ1v) is 7.35. The Balaban J connectivity index is 2.15. The molecule has 2 aromatic carbocycles. The summed E-state index contributed by atoms with van der Waals surface area (Å²) in [5.74, 6) is -0.711. The highest BCUT2D eigenvalue weighted by molar-refractivity contribution is 6.20. The minimum absolute atomic E-state index is 0.0288. The Kier molecular flexibility index (Phi) is 2.56. The second kappa shape index (κ2) is 4.30. The van der Waals surface area contributed by atoms with Gasteiger partial charge < -0.3 is 4.98 Å². The lowest BCUT2D eigenvalue weighted by atomic mass is 9.71. The van der Waals surface area contributed by atoms with E-state index in [1.807, 2.05) is 38.1 Å². The molecule has 0 unspecified atom stereocenters. The summed E-state index contributed by atoms with van der Waals surface area (Å²) in [5.41, 5.74) is 2.53. The van der Waals surface area contributed by atoms with Crippen LogP contribution in [0.1, 0.15) is 46.6 Å². The van der Waals surface area contributed by atoms with Gasteiger partial charge in [-0.05, 0) is 11.6 Å².